The van der Waals surface area contributed by atoms with Gasteiger partial charge in [-0.15, -0.1) is 5.10 Å². The van der Waals surface area contributed by atoms with Crippen LogP contribution in [0.25, 0.3) is 5.82 Å². The van der Waals surface area contributed by atoms with Crippen LogP contribution >= 0.6 is 15.9 Å². The second-order valence-corrected chi connectivity index (χ2v) is 6.82. The van der Waals surface area contributed by atoms with E-state index in [9.17, 15) is 4.79 Å². The number of nitrogen functional groups attached to an aromatic ring is 1. The van der Waals surface area contributed by atoms with E-state index in [4.69, 9.17) is 5.73 Å². The number of anilines is 1. The normalized spacial score (nSPS) is 11.4. The smallest absolute Gasteiger partial charge is 0.294 e. The van der Waals surface area contributed by atoms with Crippen LogP contribution < -0.4 is 16.1 Å². The summed E-state index contributed by atoms with van der Waals surface area (Å²) in [4.78, 5) is 13.6. The number of nitrogens with one attached hydrogen (secondary N) is 2. The lowest BCUT2D eigenvalue weighted by molar-refractivity contribution is -0.873. The molecule has 12 heteroatoms. The predicted molar refractivity (Wildman–Crippen MR) is 99.3 cm³/mol. The van der Waals surface area contributed by atoms with Crippen LogP contribution in [0.2, 0.25) is 0 Å². The Kier molecular flexibility index (Phi) is 5.57. The molecule has 27 heavy (non-hydrogen) atoms. The van der Waals surface area contributed by atoms with E-state index in [0.717, 1.165) is 14.9 Å². The number of benzene rings is 1. The van der Waals surface area contributed by atoms with E-state index in [-0.39, 0.29) is 17.3 Å². The quantitative estimate of drug-likeness (QED) is 0.347. The van der Waals surface area contributed by atoms with Crippen molar-refractivity contribution in [3.63, 3.8) is 0 Å². The first-order chi connectivity index (χ1) is 13.0. The molecule has 0 fully saturated rings. The number of hydrogen-bond donors (Lipinski definition) is 3. The third-order valence-electron chi connectivity index (χ3n) is 3.42. The maximum absolute atomic E-state index is 12.5. The number of aromatic nitrogens is 5. The summed E-state index contributed by atoms with van der Waals surface area (Å²) >= 11 is 3.38. The molecule has 1 amide bonds. The van der Waals surface area contributed by atoms with E-state index in [1.165, 1.54) is 10.9 Å². The van der Waals surface area contributed by atoms with Gasteiger partial charge in [-0.05, 0) is 28.0 Å². The van der Waals surface area contributed by atoms with Crippen molar-refractivity contribution >= 4 is 33.9 Å². The van der Waals surface area contributed by atoms with Crippen LogP contribution in [0.4, 0.5) is 5.82 Å². The Balaban J connectivity index is 1.84. The Hall–Kier alpha value is -3.12. The zero-order valence-corrected chi connectivity index (χ0v) is 16.1. The molecule has 2 aromatic heterocycles. The molecule has 140 valence electrons. The van der Waals surface area contributed by atoms with Crippen molar-refractivity contribution in [2.45, 2.75) is 6.54 Å². The van der Waals surface area contributed by atoms with Crippen molar-refractivity contribution in [3.05, 3.63) is 45.7 Å². The summed E-state index contributed by atoms with van der Waals surface area (Å²) in [5, 5.41) is 19.1. The molecule has 0 saturated heterocycles. The Bertz CT molecular complexity index is 979. The fourth-order valence-corrected chi connectivity index (χ4v) is 2.70. The van der Waals surface area contributed by atoms with E-state index in [1.54, 1.807) is 0 Å². The maximum atomic E-state index is 12.5. The molecular weight excluding hydrogens is 418 g/mol. The molecule has 3 aromatic rings. The van der Waals surface area contributed by atoms with Gasteiger partial charge >= 0.3 is 0 Å². The summed E-state index contributed by atoms with van der Waals surface area (Å²) in [7, 11) is 3.85. The molecule has 3 rings (SSSR count). The highest BCUT2D eigenvalue weighted by Gasteiger charge is 2.25. The lowest BCUT2D eigenvalue weighted by Gasteiger charge is -2.08. The van der Waals surface area contributed by atoms with Crippen LogP contribution in [-0.4, -0.2) is 51.5 Å². The number of hydrogen-bond acceptors (Lipinski definition) is 8. The molecule has 0 bridgehead atoms. The average molecular weight is 435 g/mol. The van der Waals surface area contributed by atoms with Crippen molar-refractivity contribution in [3.8, 4) is 5.82 Å². The number of nitrogens with zero attached hydrogens (tertiary/aromatic N) is 6. The van der Waals surface area contributed by atoms with Crippen LogP contribution in [0.3, 0.4) is 0 Å². The minimum Gasteiger partial charge on any atom is -0.378 e. The lowest BCUT2D eigenvalue weighted by atomic mass is 10.2. The van der Waals surface area contributed by atoms with Gasteiger partial charge in [0.2, 0.25) is 11.6 Å². The van der Waals surface area contributed by atoms with E-state index < -0.39 is 5.91 Å². The molecule has 0 saturated carbocycles. The summed E-state index contributed by atoms with van der Waals surface area (Å²) in [6, 6.07) is 7.49. The van der Waals surface area contributed by atoms with Crippen LogP contribution in [0, 0.1) is 0 Å². The first-order valence-corrected chi connectivity index (χ1v) is 8.66. The number of halogens is 1. The number of carbonyl (C=O) groups is 1. The van der Waals surface area contributed by atoms with Gasteiger partial charge in [-0.25, -0.2) is 10.1 Å². The van der Waals surface area contributed by atoms with E-state index >= 15 is 0 Å². The standard InChI is InChI=1S/C15H16BrN9O2/c1-24(2)8-11-12(19-23-25(11)14-13(17)21-27-22-14)15(26)20-18-7-9-4-3-5-10(16)6-9/h3-7H,8H2,1-2H3,(H2,17,21)(H,20,26)/p+1/b18-7-. The summed E-state index contributed by atoms with van der Waals surface area (Å²) in [6.07, 6.45) is 1.53. The van der Waals surface area contributed by atoms with Crippen LogP contribution in [0.1, 0.15) is 21.7 Å². The maximum Gasteiger partial charge on any atom is 0.294 e. The molecule has 2 heterocycles. The molecule has 0 aliphatic carbocycles. The molecule has 11 nitrogen and oxygen atoms in total. The SMILES string of the molecule is C[NH+](C)Cc1c(C(=O)N/N=C\c2cccc(Br)c2)nnn1-c1nonc1N. The fourth-order valence-electron chi connectivity index (χ4n) is 2.28. The van der Waals surface area contributed by atoms with Gasteiger partial charge in [-0.3, -0.25) is 4.79 Å². The predicted octanol–water partition coefficient (Wildman–Crippen LogP) is -0.597. The van der Waals surface area contributed by atoms with Crippen molar-refractivity contribution < 1.29 is 14.3 Å². The number of amides is 1. The zero-order chi connectivity index (χ0) is 19.4. The minimum absolute atomic E-state index is 0.0505. The van der Waals surface area contributed by atoms with E-state index in [2.05, 4.69) is 51.7 Å². The molecule has 0 atom stereocenters. The van der Waals surface area contributed by atoms with Crippen LogP contribution in [0.15, 0.2) is 38.5 Å². The van der Waals surface area contributed by atoms with Gasteiger partial charge in [0.15, 0.2) is 5.69 Å². The van der Waals surface area contributed by atoms with Crippen molar-refractivity contribution in [1.82, 2.24) is 30.7 Å². The fraction of sp³-hybridized carbons (Fsp3) is 0.200. The second-order valence-electron chi connectivity index (χ2n) is 5.91. The van der Waals surface area contributed by atoms with Crippen molar-refractivity contribution in [1.29, 1.82) is 0 Å². The Morgan fingerprint density at radius 1 is 1.44 bits per heavy atom. The van der Waals surface area contributed by atoms with Gasteiger partial charge in [0.1, 0.15) is 12.2 Å². The molecule has 0 aliphatic heterocycles. The van der Waals surface area contributed by atoms with Gasteiger partial charge in [0, 0.05) is 4.47 Å². The summed E-state index contributed by atoms with van der Waals surface area (Å²) in [5.74, 6) is -0.274. The number of nitrogens with two attached hydrogens (primary N) is 1. The minimum atomic E-state index is -0.501. The van der Waals surface area contributed by atoms with Gasteiger partial charge in [0.05, 0.1) is 20.3 Å². The zero-order valence-electron chi connectivity index (χ0n) is 14.5. The summed E-state index contributed by atoms with van der Waals surface area (Å²) in [5.41, 5.74) is 9.63. The molecule has 0 spiro atoms. The molecule has 1 aromatic carbocycles. The Labute approximate surface area is 162 Å². The first-order valence-electron chi connectivity index (χ1n) is 7.86. The van der Waals surface area contributed by atoms with Gasteiger partial charge in [-0.1, -0.05) is 33.3 Å². The highest BCUT2D eigenvalue weighted by molar-refractivity contribution is 9.10. The monoisotopic (exact) mass is 434 g/mol. The molecule has 0 aliphatic rings. The molecule has 0 unspecified atom stereocenters. The summed E-state index contributed by atoms with van der Waals surface area (Å²) < 4.78 is 6.86. The number of rotatable bonds is 6. The Morgan fingerprint density at radius 3 is 2.93 bits per heavy atom. The van der Waals surface area contributed by atoms with Crippen molar-refractivity contribution in [2.75, 3.05) is 19.8 Å². The number of quaternary nitrogens is 1. The third kappa shape index (κ3) is 4.35. The second kappa shape index (κ2) is 8.05. The molecule has 4 N–H and O–H groups in total. The van der Waals surface area contributed by atoms with E-state index in [0.29, 0.717) is 12.2 Å². The van der Waals surface area contributed by atoms with Crippen molar-refractivity contribution in [2.24, 2.45) is 5.10 Å². The van der Waals surface area contributed by atoms with E-state index in [1.807, 2.05) is 38.4 Å². The summed E-state index contributed by atoms with van der Waals surface area (Å²) in [6.45, 7) is 0.442. The molecular formula is C15H17BrN9O2+. The number of carbonyl (C=O) groups excluding carboxylic acids is 1. The third-order valence-corrected chi connectivity index (χ3v) is 3.92. The lowest BCUT2D eigenvalue weighted by Crippen LogP contribution is -3.04. The number of hydrazone groups is 1. The Morgan fingerprint density at radius 2 is 2.26 bits per heavy atom. The van der Waals surface area contributed by atoms with Gasteiger partial charge in [-0.2, -0.15) is 9.78 Å². The highest BCUT2D eigenvalue weighted by atomic mass is 79.9. The topological polar surface area (TPSA) is 142 Å². The average Bonchev–Trinajstić information content (AvgIpc) is 3.20. The highest BCUT2D eigenvalue weighted by Crippen LogP contribution is 2.15. The largest absolute Gasteiger partial charge is 0.378 e. The molecule has 0 radical (unpaired) electrons. The van der Waals surface area contributed by atoms with Crippen LogP contribution in [-0.2, 0) is 6.54 Å². The van der Waals surface area contributed by atoms with Gasteiger partial charge in [0.25, 0.3) is 5.91 Å². The van der Waals surface area contributed by atoms with Crippen LogP contribution in [0.5, 0.6) is 0 Å². The van der Waals surface area contributed by atoms with Gasteiger partial charge < -0.3 is 10.6 Å². The first kappa shape index (κ1) is 18.7.